The van der Waals surface area contributed by atoms with E-state index in [1.807, 2.05) is 7.05 Å². The highest BCUT2D eigenvalue weighted by Crippen LogP contribution is 2.44. The quantitative estimate of drug-likeness (QED) is 0.669. The van der Waals surface area contributed by atoms with Crippen molar-refractivity contribution in [1.82, 2.24) is 9.88 Å². The topological polar surface area (TPSA) is 74.6 Å². The summed E-state index contributed by atoms with van der Waals surface area (Å²) in [6, 6.07) is 1.07. The molecular weight excluding hydrogens is 428 g/mol. The number of aromatic nitrogens is 1. The molecule has 176 valence electrons. The fourth-order valence-electron chi connectivity index (χ4n) is 5.90. The van der Waals surface area contributed by atoms with Gasteiger partial charge < -0.3 is 19.9 Å². The first-order valence-corrected chi connectivity index (χ1v) is 11.6. The van der Waals surface area contributed by atoms with Crippen molar-refractivity contribution < 1.29 is 18.7 Å². The fourth-order valence-corrected chi connectivity index (χ4v) is 5.90. The summed E-state index contributed by atoms with van der Waals surface area (Å²) in [6.45, 7) is 5.36. The first-order chi connectivity index (χ1) is 15.7. The summed E-state index contributed by atoms with van der Waals surface area (Å²) in [6.07, 6.45) is 7.14. The second-order valence-electron chi connectivity index (χ2n) is 9.99. The number of carboxylic acids is 1. The number of nitrogens with zero attached hydrogens (tertiary/aromatic N) is 2. The average Bonchev–Trinajstić information content (AvgIpc) is 3.51. The van der Waals surface area contributed by atoms with Crippen LogP contribution in [0, 0.1) is 35.3 Å². The molecule has 2 aliphatic carbocycles. The molecule has 1 saturated heterocycles. The van der Waals surface area contributed by atoms with Gasteiger partial charge in [-0.05, 0) is 43.7 Å². The van der Waals surface area contributed by atoms with Crippen LogP contribution >= 0.6 is 0 Å². The number of hydrogen-bond acceptors (Lipinski definition) is 4. The number of hydrogen-bond donors (Lipinski definition) is 2. The molecule has 0 bridgehead atoms. The van der Waals surface area contributed by atoms with Crippen molar-refractivity contribution in [3.05, 3.63) is 51.8 Å². The maximum Gasteiger partial charge on any atom is 0.341 e. The molecule has 1 aromatic carbocycles. The molecule has 4 atom stereocenters. The number of nitrogens with one attached hydrogen (secondary N) is 1. The van der Waals surface area contributed by atoms with E-state index >= 15 is 8.78 Å². The molecule has 4 unspecified atom stereocenters. The standard InChI is InChI=1S/C25H29F2N3O3/c1-12(2)14-6-7-20(28-3)17-10-29(9-16(14)17)23-19(26)8-15-22(21(23)27)30(13-4-5-13)11-18(24(15)31)25(32)33/h6-8,11-14,16-17,20,28H,4-5,9-10H2,1-3H3,(H,32,33). The second kappa shape index (κ2) is 7.94. The van der Waals surface area contributed by atoms with Gasteiger partial charge in [-0.25, -0.2) is 13.6 Å². The van der Waals surface area contributed by atoms with Gasteiger partial charge in [-0.15, -0.1) is 0 Å². The third-order valence-corrected chi connectivity index (χ3v) is 7.68. The maximum atomic E-state index is 16.0. The Morgan fingerprint density at radius 3 is 2.48 bits per heavy atom. The zero-order valence-electron chi connectivity index (χ0n) is 19.0. The largest absolute Gasteiger partial charge is 0.477 e. The minimum absolute atomic E-state index is 0.00229. The second-order valence-corrected chi connectivity index (χ2v) is 9.99. The molecule has 5 rings (SSSR count). The maximum absolute atomic E-state index is 16.0. The van der Waals surface area contributed by atoms with Gasteiger partial charge in [0.25, 0.3) is 0 Å². The fraction of sp³-hybridized carbons (Fsp3) is 0.520. The number of allylic oxidation sites excluding steroid dienone is 1. The highest BCUT2D eigenvalue weighted by atomic mass is 19.1. The highest BCUT2D eigenvalue weighted by Gasteiger charge is 2.44. The molecule has 2 aromatic rings. The van der Waals surface area contributed by atoms with E-state index in [1.165, 1.54) is 10.8 Å². The number of carboxylic acid groups (broad SMARTS) is 1. The molecule has 2 N–H and O–H groups in total. The molecule has 0 amide bonds. The van der Waals surface area contributed by atoms with Crippen molar-refractivity contribution in [3.8, 4) is 0 Å². The van der Waals surface area contributed by atoms with Crippen LogP contribution in [0.5, 0.6) is 0 Å². The van der Waals surface area contributed by atoms with E-state index in [2.05, 4.69) is 31.3 Å². The number of likely N-dealkylation sites (N-methyl/N-ethyl adjacent to an activating group) is 1. The number of aromatic carboxylic acids is 1. The van der Waals surface area contributed by atoms with Gasteiger partial charge >= 0.3 is 5.97 Å². The zero-order chi connectivity index (χ0) is 23.6. The molecule has 1 aliphatic heterocycles. The summed E-state index contributed by atoms with van der Waals surface area (Å²) < 4.78 is 33.0. The monoisotopic (exact) mass is 457 g/mol. The van der Waals surface area contributed by atoms with Crippen LogP contribution in [0.2, 0.25) is 0 Å². The lowest BCUT2D eigenvalue weighted by molar-refractivity contribution is 0.0694. The van der Waals surface area contributed by atoms with Gasteiger partial charge in [0.15, 0.2) is 5.82 Å². The minimum atomic E-state index is -1.39. The smallest absolute Gasteiger partial charge is 0.341 e. The Kier molecular flexibility index (Phi) is 5.31. The van der Waals surface area contributed by atoms with Crippen LogP contribution in [-0.2, 0) is 0 Å². The summed E-state index contributed by atoms with van der Waals surface area (Å²) in [7, 11) is 1.90. The number of pyridine rings is 1. The predicted octanol–water partition coefficient (Wildman–Crippen LogP) is 3.80. The van der Waals surface area contributed by atoms with Crippen molar-refractivity contribution in [2.75, 3.05) is 25.0 Å². The molecule has 2 heterocycles. The first kappa shape index (κ1) is 22.1. The van der Waals surface area contributed by atoms with Crippen molar-refractivity contribution in [3.63, 3.8) is 0 Å². The average molecular weight is 458 g/mol. The van der Waals surface area contributed by atoms with E-state index in [0.717, 1.165) is 18.9 Å². The number of benzene rings is 1. The normalized spacial score (nSPS) is 26.9. The van der Waals surface area contributed by atoms with E-state index in [4.69, 9.17) is 0 Å². The molecule has 2 fully saturated rings. The van der Waals surface area contributed by atoms with E-state index in [0.29, 0.717) is 24.9 Å². The number of halogens is 2. The van der Waals surface area contributed by atoms with Gasteiger partial charge in [0.1, 0.15) is 17.1 Å². The van der Waals surface area contributed by atoms with E-state index in [9.17, 15) is 14.7 Å². The van der Waals surface area contributed by atoms with E-state index in [1.54, 1.807) is 4.90 Å². The van der Waals surface area contributed by atoms with Crippen molar-refractivity contribution >= 4 is 22.6 Å². The van der Waals surface area contributed by atoms with E-state index < -0.39 is 28.6 Å². The Morgan fingerprint density at radius 1 is 1.18 bits per heavy atom. The molecule has 1 saturated carbocycles. The Hall–Kier alpha value is -2.74. The van der Waals surface area contributed by atoms with Crippen molar-refractivity contribution in [1.29, 1.82) is 0 Å². The third kappa shape index (κ3) is 3.46. The van der Waals surface area contributed by atoms with Crippen molar-refractivity contribution in [2.24, 2.45) is 23.7 Å². The molecular formula is C25H29F2N3O3. The number of fused-ring (bicyclic) bond motifs is 2. The van der Waals surface area contributed by atoms with Gasteiger partial charge in [-0.2, -0.15) is 0 Å². The molecule has 8 heteroatoms. The Balaban J connectivity index is 1.64. The molecule has 6 nitrogen and oxygen atoms in total. The van der Waals surface area contributed by atoms with Gasteiger partial charge in [-0.3, -0.25) is 4.79 Å². The third-order valence-electron chi connectivity index (χ3n) is 7.68. The molecule has 3 aliphatic rings. The molecule has 33 heavy (non-hydrogen) atoms. The first-order valence-electron chi connectivity index (χ1n) is 11.6. The Labute approximate surface area is 190 Å². The lowest BCUT2D eigenvalue weighted by Crippen LogP contribution is -2.42. The van der Waals surface area contributed by atoms with Gasteiger partial charge in [0.05, 0.1) is 10.9 Å². The summed E-state index contributed by atoms with van der Waals surface area (Å²) in [5.41, 5.74) is -1.43. The number of anilines is 1. The van der Waals surface area contributed by atoms with Gasteiger partial charge in [0.2, 0.25) is 5.43 Å². The van der Waals surface area contributed by atoms with Gasteiger partial charge in [-0.1, -0.05) is 26.0 Å². The van der Waals surface area contributed by atoms with Crippen LogP contribution in [0.15, 0.2) is 29.2 Å². The Bertz CT molecular complexity index is 1220. The molecule has 0 radical (unpaired) electrons. The van der Waals surface area contributed by atoms with Crippen LogP contribution in [0.4, 0.5) is 14.5 Å². The van der Waals surface area contributed by atoms with Crippen LogP contribution < -0.4 is 15.6 Å². The summed E-state index contributed by atoms with van der Waals surface area (Å²) in [5, 5.41) is 12.5. The number of rotatable bonds is 5. The minimum Gasteiger partial charge on any atom is -0.477 e. The number of carbonyl (C=O) groups is 1. The van der Waals surface area contributed by atoms with Crippen LogP contribution in [0.25, 0.3) is 10.9 Å². The zero-order valence-corrected chi connectivity index (χ0v) is 19.0. The van der Waals surface area contributed by atoms with Crippen molar-refractivity contribution in [2.45, 2.75) is 38.8 Å². The Morgan fingerprint density at radius 2 is 1.88 bits per heavy atom. The lowest BCUT2D eigenvalue weighted by Gasteiger charge is -2.36. The molecule has 1 aromatic heterocycles. The SMILES string of the molecule is CNC1C=CC(C(C)C)C2CN(c3c(F)cc4c(=O)c(C(=O)O)cn(C5CC5)c4c3F)CC12. The summed E-state index contributed by atoms with van der Waals surface area (Å²) in [5.74, 6) is -1.81. The van der Waals surface area contributed by atoms with E-state index in [-0.39, 0.29) is 40.5 Å². The molecule has 0 spiro atoms. The lowest BCUT2D eigenvalue weighted by atomic mass is 9.71. The van der Waals surface area contributed by atoms with Crippen LogP contribution in [0.3, 0.4) is 0 Å². The highest BCUT2D eigenvalue weighted by molar-refractivity contribution is 5.94. The van der Waals surface area contributed by atoms with Crippen LogP contribution in [0.1, 0.15) is 43.1 Å². The predicted molar refractivity (Wildman–Crippen MR) is 123 cm³/mol. The van der Waals surface area contributed by atoms with Gasteiger partial charge in [0, 0.05) is 37.3 Å². The van der Waals surface area contributed by atoms with Crippen LogP contribution in [-0.4, -0.2) is 41.8 Å². The summed E-state index contributed by atoms with van der Waals surface area (Å²) >= 11 is 0. The summed E-state index contributed by atoms with van der Waals surface area (Å²) in [4.78, 5) is 26.1.